The molecule has 1 rings (SSSR count). The number of benzene rings is 1. The van der Waals surface area contributed by atoms with Crippen LogP contribution in [0.5, 0.6) is 0 Å². The second kappa shape index (κ2) is 6.27. The van der Waals surface area contributed by atoms with E-state index in [-0.39, 0.29) is 11.8 Å². The van der Waals surface area contributed by atoms with Crippen molar-refractivity contribution in [2.24, 2.45) is 5.92 Å². The summed E-state index contributed by atoms with van der Waals surface area (Å²) in [6, 6.07) is 6.82. The highest BCUT2D eigenvalue weighted by atomic mass is 35.5. The van der Waals surface area contributed by atoms with Crippen LogP contribution in [0.3, 0.4) is 0 Å². The highest BCUT2D eigenvalue weighted by molar-refractivity contribution is 6.33. The Morgan fingerprint density at radius 2 is 2.29 bits per heavy atom. The van der Waals surface area contributed by atoms with Crippen molar-refractivity contribution >= 4 is 23.2 Å². The van der Waals surface area contributed by atoms with Gasteiger partial charge in [0.2, 0.25) is 5.91 Å². The van der Waals surface area contributed by atoms with Crippen LogP contribution in [0, 0.1) is 17.2 Å². The number of nitrogens with zero attached hydrogens (tertiary/aromatic N) is 1. The summed E-state index contributed by atoms with van der Waals surface area (Å²) in [5, 5.41) is 11.9. The molecule has 90 valence electrons. The first-order valence-electron chi connectivity index (χ1n) is 5.59. The van der Waals surface area contributed by atoms with E-state index in [0.717, 1.165) is 12.8 Å². The van der Waals surface area contributed by atoms with Gasteiger partial charge in [0.1, 0.15) is 0 Å². The average molecular weight is 251 g/mol. The molecule has 0 aromatic heterocycles. The zero-order valence-corrected chi connectivity index (χ0v) is 10.7. The molecule has 1 atom stereocenters. The number of anilines is 1. The van der Waals surface area contributed by atoms with Crippen molar-refractivity contribution < 1.29 is 4.79 Å². The fourth-order valence-corrected chi connectivity index (χ4v) is 1.73. The summed E-state index contributed by atoms with van der Waals surface area (Å²) in [4.78, 5) is 11.8. The topological polar surface area (TPSA) is 52.9 Å². The molecule has 0 saturated heterocycles. The molecule has 1 aromatic rings. The summed E-state index contributed by atoms with van der Waals surface area (Å²) in [6.07, 6.45) is 1.81. The number of hydrogen-bond donors (Lipinski definition) is 1. The van der Waals surface area contributed by atoms with Gasteiger partial charge in [0.25, 0.3) is 0 Å². The van der Waals surface area contributed by atoms with Crippen molar-refractivity contribution in [2.75, 3.05) is 5.32 Å². The van der Waals surface area contributed by atoms with Crippen molar-refractivity contribution in [3.63, 3.8) is 0 Å². The standard InChI is InChI=1S/C13H15ClN2O/c1-3-4-9(2)13(17)16-12-6-5-10(8-15)7-11(12)14/h5-7,9H,3-4H2,1-2H3,(H,16,17). The first-order valence-corrected chi connectivity index (χ1v) is 5.96. The van der Waals surface area contributed by atoms with Gasteiger partial charge in [-0.2, -0.15) is 5.26 Å². The third-order valence-electron chi connectivity index (χ3n) is 2.53. The minimum atomic E-state index is -0.0431. The molecule has 1 N–H and O–H groups in total. The van der Waals surface area contributed by atoms with E-state index < -0.39 is 0 Å². The molecule has 3 nitrogen and oxygen atoms in total. The van der Waals surface area contributed by atoms with E-state index in [9.17, 15) is 4.79 Å². The predicted molar refractivity (Wildman–Crippen MR) is 68.9 cm³/mol. The smallest absolute Gasteiger partial charge is 0.227 e. The van der Waals surface area contributed by atoms with E-state index in [1.54, 1.807) is 18.2 Å². The van der Waals surface area contributed by atoms with Gasteiger partial charge in [-0.05, 0) is 24.6 Å². The van der Waals surface area contributed by atoms with Crippen LogP contribution in [0.15, 0.2) is 18.2 Å². The van der Waals surface area contributed by atoms with Crippen molar-refractivity contribution in [3.8, 4) is 6.07 Å². The highest BCUT2D eigenvalue weighted by Gasteiger charge is 2.13. The summed E-state index contributed by atoms with van der Waals surface area (Å²) >= 11 is 5.97. The van der Waals surface area contributed by atoms with Crippen LogP contribution in [-0.4, -0.2) is 5.91 Å². The molecule has 17 heavy (non-hydrogen) atoms. The molecule has 0 radical (unpaired) electrons. The highest BCUT2D eigenvalue weighted by Crippen LogP contribution is 2.23. The lowest BCUT2D eigenvalue weighted by atomic mass is 10.1. The Balaban J connectivity index is 2.76. The van der Waals surface area contributed by atoms with E-state index in [1.165, 1.54) is 0 Å². The summed E-state index contributed by atoms with van der Waals surface area (Å²) < 4.78 is 0. The Morgan fingerprint density at radius 3 is 2.82 bits per heavy atom. The molecule has 0 aliphatic carbocycles. The van der Waals surface area contributed by atoms with E-state index in [4.69, 9.17) is 16.9 Å². The van der Waals surface area contributed by atoms with Gasteiger partial charge in [0, 0.05) is 5.92 Å². The molecule has 0 spiro atoms. The van der Waals surface area contributed by atoms with Gasteiger partial charge in [-0.1, -0.05) is 31.9 Å². The van der Waals surface area contributed by atoms with Crippen LogP contribution in [0.1, 0.15) is 32.3 Å². The molecule has 1 unspecified atom stereocenters. The Labute approximate surface area is 106 Å². The average Bonchev–Trinajstić information content (AvgIpc) is 2.31. The number of carbonyl (C=O) groups excluding carboxylic acids is 1. The van der Waals surface area contributed by atoms with Gasteiger partial charge in [0.05, 0.1) is 22.3 Å². The second-order valence-electron chi connectivity index (χ2n) is 3.99. The maximum Gasteiger partial charge on any atom is 0.227 e. The van der Waals surface area contributed by atoms with Crippen LogP contribution in [0.4, 0.5) is 5.69 Å². The molecule has 4 heteroatoms. The molecular formula is C13H15ClN2O. The molecule has 0 bridgehead atoms. The molecule has 0 aliphatic heterocycles. The van der Waals surface area contributed by atoms with Crippen LogP contribution in [-0.2, 0) is 4.79 Å². The Hall–Kier alpha value is -1.53. The van der Waals surface area contributed by atoms with Crippen molar-refractivity contribution in [1.82, 2.24) is 0 Å². The maximum atomic E-state index is 11.8. The van der Waals surface area contributed by atoms with Gasteiger partial charge in [-0.25, -0.2) is 0 Å². The minimum absolute atomic E-state index is 0.0355. The van der Waals surface area contributed by atoms with Gasteiger partial charge < -0.3 is 5.32 Å². The number of hydrogen-bond acceptors (Lipinski definition) is 2. The van der Waals surface area contributed by atoms with Crippen LogP contribution in [0.25, 0.3) is 0 Å². The molecule has 0 fully saturated rings. The second-order valence-corrected chi connectivity index (χ2v) is 4.39. The lowest BCUT2D eigenvalue weighted by Gasteiger charge is -2.12. The zero-order chi connectivity index (χ0) is 12.8. The Morgan fingerprint density at radius 1 is 1.59 bits per heavy atom. The SMILES string of the molecule is CCCC(C)C(=O)Nc1ccc(C#N)cc1Cl. The number of carbonyl (C=O) groups is 1. The Bertz CT molecular complexity index is 451. The van der Waals surface area contributed by atoms with Crippen molar-refractivity contribution in [3.05, 3.63) is 28.8 Å². The quantitative estimate of drug-likeness (QED) is 0.888. The largest absolute Gasteiger partial charge is 0.325 e. The van der Waals surface area contributed by atoms with Crippen LogP contribution in [0.2, 0.25) is 5.02 Å². The number of amides is 1. The van der Waals surface area contributed by atoms with E-state index >= 15 is 0 Å². The lowest BCUT2D eigenvalue weighted by Crippen LogP contribution is -2.20. The molecular weight excluding hydrogens is 236 g/mol. The fraction of sp³-hybridized carbons (Fsp3) is 0.385. The Kier molecular flexibility index (Phi) is 4.99. The summed E-state index contributed by atoms with van der Waals surface area (Å²) in [5.74, 6) is -0.0785. The number of halogens is 1. The third kappa shape index (κ3) is 3.76. The monoisotopic (exact) mass is 250 g/mol. The lowest BCUT2D eigenvalue weighted by molar-refractivity contribution is -0.119. The fourth-order valence-electron chi connectivity index (χ4n) is 1.51. The van der Waals surface area contributed by atoms with E-state index in [0.29, 0.717) is 16.3 Å². The maximum absolute atomic E-state index is 11.8. The molecule has 0 saturated carbocycles. The molecule has 0 aliphatic rings. The summed E-state index contributed by atoms with van der Waals surface area (Å²) in [5.41, 5.74) is 1.04. The van der Waals surface area contributed by atoms with Crippen molar-refractivity contribution in [1.29, 1.82) is 5.26 Å². The van der Waals surface area contributed by atoms with Crippen LogP contribution < -0.4 is 5.32 Å². The van der Waals surface area contributed by atoms with Gasteiger partial charge in [-0.15, -0.1) is 0 Å². The minimum Gasteiger partial charge on any atom is -0.325 e. The third-order valence-corrected chi connectivity index (χ3v) is 2.84. The van der Waals surface area contributed by atoms with Gasteiger partial charge >= 0.3 is 0 Å². The van der Waals surface area contributed by atoms with Crippen LogP contribution >= 0.6 is 11.6 Å². The van der Waals surface area contributed by atoms with Crippen molar-refractivity contribution in [2.45, 2.75) is 26.7 Å². The number of rotatable bonds is 4. The molecule has 1 aromatic carbocycles. The first kappa shape index (κ1) is 13.5. The summed E-state index contributed by atoms with van der Waals surface area (Å²) in [7, 11) is 0. The normalized spacial score (nSPS) is 11.6. The molecule has 0 heterocycles. The van der Waals surface area contributed by atoms with E-state index in [1.807, 2.05) is 19.9 Å². The van der Waals surface area contributed by atoms with Gasteiger partial charge in [-0.3, -0.25) is 4.79 Å². The predicted octanol–water partition coefficient (Wildman–Crippen LogP) is 3.59. The zero-order valence-electron chi connectivity index (χ0n) is 9.96. The number of nitrogens with one attached hydrogen (secondary N) is 1. The van der Waals surface area contributed by atoms with Gasteiger partial charge in [0.15, 0.2) is 0 Å². The molecule has 1 amide bonds. The number of nitriles is 1. The van der Waals surface area contributed by atoms with E-state index in [2.05, 4.69) is 5.32 Å². The summed E-state index contributed by atoms with van der Waals surface area (Å²) in [6.45, 7) is 3.93. The first-order chi connectivity index (χ1) is 8.08.